The van der Waals surface area contributed by atoms with Crippen LogP contribution in [0.15, 0.2) is 25.3 Å². The van der Waals surface area contributed by atoms with Crippen LogP contribution in [0.2, 0.25) is 0 Å². The van der Waals surface area contributed by atoms with Gasteiger partial charge in [-0.25, -0.2) is 4.79 Å². The summed E-state index contributed by atoms with van der Waals surface area (Å²) in [4.78, 5) is 10.2. The largest absolute Gasteiger partial charge is 0.352 e. The fourth-order valence-corrected chi connectivity index (χ4v) is 0.481. The van der Waals surface area contributed by atoms with E-state index in [9.17, 15) is 4.79 Å². The number of primary amides is 1. The minimum Gasteiger partial charge on any atom is -0.352 e. The number of hydrogen-bond donors (Lipinski definition) is 2. The molecule has 0 unspecified atom stereocenters. The van der Waals surface area contributed by atoms with Gasteiger partial charge in [0.1, 0.15) is 0 Å². The maximum absolute atomic E-state index is 10.2. The number of carbonyl (C=O) groups is 1. The van der Waals surface area contributed by atoms with E-state index in [4.69, 9.17) is 5.73 Å². The van der Waals surface area contributed by atoms with Gasteiger partial charge in [-0.2, -0.15) is 0 Å². The quantitative estimate of drug-likeness (QED) is 0.553. The molecule has 0 bridgehead atoms. The van der Waals surface area contributed by atoms with E-state index >= 15 is 0 Å². The molecule has 0 aliphatic carbocycles. The van der Waals surface area contributed by atoms with Gasteiger partial charge in [0.25, 0.3) is 0 Å². The van der Waals surface area contributed by atoms with E-state index in [1.54, 1.807) is 12.2 Å². The number of amides is 2. The highest BCUT2D eigenvalue weighted by Crippen LogP contribution is 1.94. The predicted molar refractivity (Wildman–Crippen MR) is 41.5 cm³/mol. The van der Waals surface area contributed by atoms with Crippen molar-refractivity contribution in [3.05, 3.63) is 25.3 Å². The van der Waals surface area contributed by atoms with Crippen molar-refractivity contribution >= 4 is 6.03 Å². The first-order valence-electron chi connectivity index (χ1n) is 2.99. The Balaban J connectivity index is 3.54. The van der Waals surface area contributed by atoms with Gasteiger partial charge >= 0.3 is 6.03 Å². The number of urea groups is 1. The first kappa shape index (κ1) is 8.75. The molecule has 56 valence electrons. The number of nitrogens with one attached hydrogen (secondary N) is 1. The maximum atomic E-state index is 10.2. The van der Waals surface area contributed by atoms with Crippen LogP contribution in [0.5, 0.6) is 0 Å². The molecule has 3 heteroatoms. The van der Waals surface area contributed by atoms with Crippen molar-refractivity contribution in [2.24, 2.45) is 11.7 Å². The van der Waals surface area contributed by atoms with Gasteiger partial charge in [0.15, 0.2) is 0 Å². The Morgan fingerprint density at radius 2 is 2.10 bits per heavy atom. The molecule has 0 spiro atoms. The Kier molecular flexibility index (Phi) is 4.04. The molecule has 3 N–H and O–H groups in total. The zero-order valence-electron chi connectivity index (χ0n) is 5.84. The molecule has 0 fully saturated rings. The predicted octanol–water partition coefficient (Wildman–Crippen LogP) is 0.643. The first-order chi connectivity index (χ1) is 4.70. The molecular weight excluding hydrogens is 128 g/mol. The Morgan fingerprint density at radius 1 is 1.60 bits per heavy atom. The van der Waals surface area contributed by atoms with Gasteiger partial charge in [-0.15, -0.1) is 13.2 Å². The van der Waals surface area contributed by atoms with Crippen molar-refractivity contribution in [1.29, 1.82) is 0 Å². The lowest BCUT2D eigenvalue weighted by molar-refractivity contribution is 0.248. The zero-order valence-corrected chi connectivity index (χ0v) is 5.84. The molecule has 2 amide bonds. The number of carbonyl (C=O) groups excluding carboxylic acids is 1. The number of hydrogen-bond acceptors (Lipinski definition) is 1. The normalized spacial score (nSPS) is 8.90. The fourth-order valence-electron chi connectivity index (χ4n) is 0.481. The highest BCUT2D eigenvalue weighted by atomic mass is 16.2. The van der Waals surface area contributed by atoms with E-state index in [0.29, 0.717) is 6.54 Å². The van der Waals surface area contributed by atoms with Gasteiger partial charge in [0.2, 0.25) is 0 Å². The molecule has 10 heavy (non-hydrogen) atoms. The topological polar surface area (TPSA) is 55.1 Å². The van der Waals surface area contributed by atoms with Crippen LogP contribution in [0.3, 0.4) is 0 Å². The van der Waals surface area contributed by atoms with E-state index in [1.807, 2.05) is 0 Å². The molecule has 3 nitrogen and oxygen atoms in total. The third kappa shape index (κ3) is 3.72. The summed E-state index contributed by atoms with van der Waals surface area (Å²) < 4.78 is 0. The average Bonchev–Trinajstić information content (AvgIpc) is 1.90. The molecule has 0 atom stereocenters. The van der Waals surface area contributed by atoms with Crippen LogP contribution >= 0.6 is 0 Å². The standard InChI is InChI=1S/C7H12N2O/c1-3-6(4-2)5-9-7(8)10/h3-4,6H,1-2,5H2,(H3,8,9,10). The summed E-state index contributed by atoms with van der Waals surface area (Å²) in [5.74, 6) is 0.104. The minimum absolute atomic E-state index is 0.104. The second-order valence-electron chi connectivity index (χ2n) is 1.88. The molecule has 0 aromatic carbocycles. The van der Waals surface area contributed by atoms with Crippen molar-refractivity contribution in [3.63, 3.8) is 0 Å². The molecule has 0 heterocycles. The summed E-state index contributed by atoms with van der Waals surface area (Å²) in [6, 6.07) is -0.520. The fraction of sp³-hybridized carbons (Fsp3) is 0.286. The van der Waals surface area contributed by atoms with Gasteiger partial charge < -0.3 is 11.1 Å². The van der Waals surface area contributed by atoms with E-state index in [-0.39, 0.29) is 5.92 Å². The van der Waals surface area contributed by atoms with Gasteiger partial charge in [-0.3, -0.25) is 0 Å². The Bertz CT molecular complexity index is 135. The van der Waals surface area contributed by atoms with Crippen LogP contribution in [-0.2, 0) is 0 Å². The summed E-state index contributed by atoms with van der Waals surface area (Å²) in [6.45, 7) is 7.57. The zero-order chi connectivity index (χ0) is 7.98. The van der Waals surface area contributed by atoms with Crippen LogP contribution in [0, 0.1) is 5.92 Å². The molecule has 0 saturated carbocycles. The third-order valence-corrected chi connectivity index (χ3v) is 1.12. The second-order valence-corrected chi connectivity index (χ2v) is 1.88. The highest BCUT2D eigenvalue weighted by Gasteiger charge is 1.97. The monoisotopic (exact) mass is 140 g/mol. The van der Waals surface area contributed by atoms with Gasteiger partial charge in [0, 0.05) is 12.5 Å². The molecule has 0 aliphatic rings. The molecule has 0 aliphatic heterocycles. The minimum atomic E-state index is -0.520. The number of nitrogens with two attached hydrogens (primary N) is 1. The van der Waals surface area contributed by atoms with Crippen molar-refractivity contribution < 1.29 is 4.79 Å². The van der Waals surface area contributed by atoms with E-state index in [1.165, 1.54) is 0 Å². The van der Waals surface area contributed by atoms with Crippen LogP contribution in [0.25, 0.3) is 0 Å². The lowest BCUT2D eigenvalue weighted by Gasteiger charge is -2.05. The van der Waals surface area contributed by atoms with E-state index in [2.05, 4.69) is 18.5 Å². The van der Waals surface area contributed by atoms with Gasteiger partial charge in [0.05, 0.1) is 0 Å². The molecule has 0 aromatic rings. The summed E-state index contributed by atoms with van der Waals surface area (Å²) in [6.07, 6.45) is 3.39. The second kappa shape index (κ2) is 4.61. The van der Waals surface area contributed by atoms with Gasteiger partial charge in [-0.1, -0.05) is 12.2 Å². The molecule has 0 radical (unpaired) electrons. The van der Waals surface area contributed by atoms with E-state index in [0.717, 1.165) is 0 Å². The van der Waals surface area contributed by atoms with Crippen molar-refractivity contribution in [1.82, 2.24) is 5.32 Å². The lowest BCUT2D eigenvalue weighted by atomic mass is 10.1. The Morgan fingerprint density at radius 3 is 2.40 bits per heavy atom. The SMILES string of the molecule is C=CC(C=C)CNC(N)=O. The van der Waals surface area contributed by atoms with Crippen molar-refractivity contribution in [2.75, 3.05) is 6.54 Å². The first-order valence-corrected chi connectivity index (χ1v) is 2.99. The summed E-state index contributed by atoms with van der Waals surface area (Å²) in [7, 11) is 0. The van der Waals surface area contributed by atoms with Crippen LogP contribution in [-0.4, -0.2) is 12.6 Å². The molecule has 0 rings (SSSR count). The average molecular weight is 140 g/mol. The lowest BCUT2D eigenvalue weighted by Crippen LogP contribution is -2.32. The Hall–Kier alpha value is -1.25. The van der Waals surface area contributed by atoms with E-state index < -0.39 is 6.03 Å². The van der Waals surface area contributed by atoms with Crippen molar-refractivity contribution in [2.45, 2.75) is 0 Å². The summed E-state index contributed by atoms with van der Waals surface area (Å²) in [5.41, 5.74) is 4.83. The van der Waals surface area contributed by atoms with Crippen LogP contribution in [0.4, 0.5) is 4.79 Å². The third-order valence-electron chi connectivity index (χ3n) is 1.12. The summed E-state index contributed by atoms with van der Waals surface area (Å²) >= 11 is 0. The van der Waals surface area contributed by atoms with Crippen molar-refractivity contribution in [3.8, 4) is 0 Å². The number of rotatable bonds is 4. The van der Waals surface area contributed by atoms with Crippen LogP contribution in [0.1, 0.15) is 0 Å². The smallest absolute Gasteiger partial charge is 0.312 e. The van der Waals surface area contributed by atoms with Crippen LogP contribution < -0.4 is 11.1 Å². The Labute approximate surface area is 60.6 Å². The summed E-state index contributed by atoms with van der Waals surface area (Å²) in [5, 5.41) is 2.44. The molecular formula is C7H12N2O. The van der Waals surface area contributed by atoms with Gasteiger partial charge in [-0.05, 0) is 0 Å². The maximum Gasteiger partial charge on any atom is 0.312 e. The molecule has 0 aromatic heterocycles. The molecule has 0 saturated heterocycles. The highest BCUT2D eigenvalue weighted by molar-refractivity contribution is 5.71.